The lowest BCUT2D eigenvalue weighted by molar-refractivity contribution is -0.149. The molecule has 4 aliphatic carbocycles. The molecule has 4 N–H and O–H groups in total. The van der Waals surface area contributed by atoms with Gasteiger partial charge in [0, 0.05) is 96.4 Å². The molecule has 0 radical (unpaired) electrons. The van der Waals surface area contributed by atoms with Crippen LogP contribution in [0.1, 0.15) is 163 Å². The molecular formula is C76H102Cl2N6O11S2. The van der Waals surface area contributed by atoms with Crippen molar-refractivity contribution >= 4 is 66.4 Å². The fourth-order valence-electron chi connectivity index (χ4n) is 17.4. The van der Waals surface area contributed by atoms with E-state index in [-0.39, 0.29) is 52.7 Å². The second-order valence-corrected chi connectivity index (χ2v) is 35.7. The molecule has 0 aromatic heterocycles. The Morgan fingerprint density at radius 2 is 1.14 bits per heavy atom. The molecule has 2 amide bonds. The molecule has 1 saturated heterocycles. The summed E-state index contributed by atoms with van der Waals surface area (Å²) in [5.41, 5.74) is 5.00. The van der Waals surface area contributed by atoms with Crippen LogP contribution in [0.4, 0.5) is 11.4 Å². The number of halogens is 2. The summed E-state index contributed by atoms with van der Waals surface area (Å²) in [5.74, 6) is 0.384. The quantitative estimate of drug-likeness (QED) is 0.132. The topological polar surface area (TPSA) is 208 Å². The van der Waals surface area contributed by atoms with Crippen molar-refractivity contribution in [3.63, 3.8) is 0 Å². The molecule has 13 rings (SSSR count). The number of allylic oxidation sites excluding steroid dienone is 2. The first kappa shape index (κ1) is 71.6. The van der Waals surface area contributed by atoms with Gasteiger partial charge in [0.1, 0.15) is 17.1 Å². The second kappa shape index (κ2) is 28.7. The van der Waals surface area contributed by atoms with Gasteiger partial charge in [0.25, 0.3) is 11.8 Å². The van der Waals surface area contributed by atoms with Crippen LogP contribution in [0.3, 0.4) is 0 Å². The van der Waals surface area contributed by atoms with Crippen molar-refractivity contribution in [2.45, 2.75) is 177 Å². The molecule has 5 aliphatic heterocycles. The first-order chi connectivity index (χ1) is 46.1. The van der Waals surface area contributed by atoms with Gasteiger partial charge in [0.15, 0.2) is 0 Å². The van der Waals surface area contributed by atoms with Crippen molar-refractivity contribution in [1.29, 1.82) is 0 Å². The van der Waals surface area contributed by atoms with E-state index in [1.54, 1.807) is 38.1 Å². The number of rotatable bonds is 6. The van der Waals surface area contributed by atoms with E-state index in [2.05, 4.69) is 93.2 Å². The average Bonchev–Trinajstić information content (AvgIpc) is 1.72. The maximum absolute atomic E-state index is 13.6. The Balaban J connectivity index is 0.000000185. The van der Waals surface area contributed by atoms with Crippen LogP contribution >= 0.6 is 23.2 Å². The molecule has 5 heterocycles. The molecule has 21 heteroatoms. The minimum absolute atomic E-state index is 0.00807. The minimum Gasteiger partial charge on any atom is -0.490 e. The minimum atomic E-state index is -4.00. The predicted octanol–water partition coefficient (Wildman–Crippen LogP) is 11.7. The second-order valence-electron chi connectivity index (χ2n) is 30.7. The molecule has 97 heavy (non-hydrogen) atoms. The van der Waals surface area contributed by atoms with E-state index >= 15 is 0 Å². The molecule has 3 spiro atoms. The summed E-state index contributed by atoms with van der Waals surface area (Å²) < 4.78 is 78.7. The van der Waals surface area contributed by atoms with Crippen molar-refractivity contribution in [3.8, 4) is 11.5 Å². The highest BCUT2D eigenvalue weighted by atomic mass is 35.5. The van der Waals surface area contributed by atoms with Crippen molar-refractivity contribution in [2.75, 3.05) is 88.6 Å². The lowest BCUT2D eigenvalue weighted by atomic mass is 9.63. The van der Waals surface area contributed by atoms with Gasteiger partial charge in [0.05, 0.1) is 53.9 Å². The molecule has 17 nitrogen and oxygen atoms in total. The van der Waals surface area contributed by atoms with Crippen LogP contribution in [-0.4, -0.2) is 161 Å². The molecule has 2 saturated carbocycles. The Kier molecular flexibility index (Phi) is 21.2. The lowest BCUT2D eigenvalue weighted by Crippen LogP contribution is -2.61. The molecule has 9 aliphatic rings. The number of morpholine rings is 1. The van der Waals surface area contributed by atoms with Crippen LogP contribution in [0.2, 0.25) is 10.0 Å². The van der Waals surface area contributed by atoms with E-state index in [1.807, 2.05) is 50.3 Å². The van der Waals surface area contributed by atoms with Crippen molar-refractivity contribution in [1.82, 2.24) is 19.2 Å². The number of carbonyl (C=O) groups is 2. The maximum atomic E-state index is 13.6. The Labute approximate surface area is 586 Å². The van der Waals surface area contributed by atoms with Crippen molar-refractivity contribution < 1.29 is 50.8 Å². The highest BCUT2D eigenvalue weighted by Gasteiger charge is 2.53. The van der Waals surface area contributed by atoms with E-state index in [0.717, 1.165) is 113 Å². The zero-order valence-electron chi connectivity index (χ0n) is 57.9. The molecule has 3 fully saturated rings. The van der Waals surface area contributed by atoms with Crippen LogP contribution in [0.15, 0.2) is 97.1 Å². The third-order valence-electron chi connectivity index (χ3n) is 24.0. The summed E-state index contributed by atoms with van der Waals surface area (Å²) >= 11 is 12.9. The fraction of sp³-hybridized carbons (Fsp3) is 0.605. The fourth-order valence-corrected chi connectivity index (χ4v) is 20.4. The summed E-state index contributed by atoms with van der Waals surface area (Å²) in [6.45, 7) is 22.7. The first-order valence-corrected chi connectivity index (χ1v) is 39.5. The molecule has 0 unspecified atom stereocenters. The van der Waals surface area contributed by atoms with Gasteiger partial charge in [0.2, 0.25) is 20.0 Å². The summed E-state index contributed by atoms with van der Waals surface area (Å²) in [6.07, 6.45) is 19.1. The van der Waals surface area contributed by atoms with E-state index in [4.69, 9.17) is 37.4 Å². The van der Waals surface area contributed by atoms with E-state index < -0.39 is 53.6 Å². The van der Waals surface area contributed by atoms with Gasteiger partial charge in [-0.1, -0.05) is 73.5 Å². The van der Waals surface area contributed by atoms with Crippen LogP contribution in [0.25, 0.3) is 0 Å². The molecule has 4 aromatic rings. The summed E-state index contributed by atoms with van der Waals surface area (Å²) in [6, 6.07) is 23.5. The SMILES string of the molecule is CC(C)N(CCO)C[C@]1(O)/C=C/C[C@H](C)[C@@H](C)S(=O)(=O)NC(=O)c2ccc3c(c2)N(C[C@@H]2CC[C@H]21)C[C@@]1(CCCc2cc(Cl)ccc21)CO3.CC(C)N1CCO[C@]2(/C=C/C[C@H](C)[C@@H](C)S(=O)(=O)NC(=O)c3ccc4c(c3)N(C[C@@H]3CC[C@H]32)C[C@@]2(CCCc3cc(Cl)ccc32)CO4)C1. The maximum Gasteiger partial charge on any atom is 0.264 e. The predicted molar refractivity (Wildman–Crippen MR) is 385 cm³/mol. The number of nitrogens with one attached hydrogen (secondary N) is 2. The zero-order valence-corrected chi connectivity index (χ0v) is 61.1. The van der Waals surface area contributed by atoms with Gasteiger partial charge in [-0.15, -0.1) is 0 Å². The van der Waals surface area contributed by atoms with E-state index in [1.165, 1.54) is 22.3 Å². The Morgan fingerprint density at radius 1 is 0.649 bits per heavy atom. The summed E-state index contributed by atoms with van der Waals surface area (Å²) in [5, 5.41) is 22.3. The molecule has 528 valence electrons. The summed E-state index contributed by atoms with van der Waals surface area (Å²) in [7, 11) is -7.93. The molecule has 12 atom stereocenters. The number of hydrogen-bond acceptors (Lipinski definition) is 15. The van der Waals surface area contributed by atoms with Gasteiger partial charge in [-0.25, -0.2) is 26.3 Å². The first-order valence-electron chi connectivity index (χ1n) is 35.7. The van der Waals surface area contributed by atoms with Gasteiger partial charge in [-0.05, 0) is 237 Å². The number of aryl methyl sites for hydroxylation is 2. The molecule has 4 aromatic carbocycles. The third-order valence-corrected chi connectivity index (χ3v) is 28.3. The van der Waals surface area contributed by atoms with Gasteiger partial charge < -0.3 is 34.2 Å². The van der Waals surface area contributed by atoms with Crippen LogP contribution < -0.4 is 28.7 Å². The van der Waals surface area contributed by atoms with Crippen LogP contribution in [0, 0.1) is 35.5 Å². The van der Waals surface area contributed by atoms with Crippen LogP contribution in [-0.2, 0) is 48.5 Å². The standard InChI is InChI=1S/C38H52ClN3O6S.C38H50ClN3O5S/c1-25(2)41(17-18-43)23-38(45)16-5-7-26(3)27(4)49(46,47)40-36(44)29-10-14-35-34(20-29)42(21-30-9-12-33(30)38)22-37(24-48-35)15-6-8-28-19-31(39)11-13-32(28)37;1-25(2)41-17-18-47-38(23-41)16-5-7-26(3)27(4)48(44,45)40-36(43)29-10-14-35-34(20-29)42(21-30-9-12-33(30)38)22-37(24-46-35)15-6-8-28-19-31(39)11-13-32(28)37/h5,10-11,13-14,16,19-20,25-27,30,33,43,45H,6-9,12,15,17-18,21-24H2,1-4H3,(H,40,44);5,10-11,13-14,16,19-20,25-27,30,33H,6-9,12,15,17-18,21-24H2,1-4H3,(H,40,43)/b2*16-5+/t2*26-,27+,30-,33+,37-,38+/m00/s1. The van der Waals surface area contributed by atoms with Crippen molar-refractivity contribution in [2.24, 2.45) is 35.5 Å². The number of aliphatic hydroxyl groups excluding tert-OH is 1. The Bertz CT molecular complexity index is 3870. The smallest absolute Gasteiger partial charge is 0.264 e. The van der Waals surface area contributed by atoms with Crippen molar-refractivity contribution in [3.05, 3.63) is 141 Å². The lowest BCUT2D eigenvalue weighted by Gasteiger charge is -2.54. The number of aliphatic hydroxyl groups is 2. The van der Waals surface area contributed by atoms with E-state index in [0.29, 0.717) is 93.1 Å². The van der Waals surface area contributed by atoms with Crippen LogP contribution in [0.5, 0.6) is 11.5 Å². The highest BCUT2D eigenvalue weighted by molar-refractivity contribution is 7.91. The number of carbonyl (C=O) groups excluding carboxylic acids is 2. The largest absolute Gasteiger partial charge is 0.490 e. The Hall–Kier alpha value is -5.22. The number of benzene rings is 4. The number of ether oxygens (including phenoxy) is 3. The number of amides is 2. The van der Waals surface area contributed by atoms with E-state index in [9.17, 15) is 36.6 Å². The average molecular weight is 1410 g/mol. The number of sulfonamides is 2. The molecular weight excluding hydrogens is 1310 g/mol. The number of anilines is 2. The summed E-state index contributed by atoms with van der Waals surface area (Å²) in [4.78, 5) is 36.5. The molecule has 4 bridgehead atoms. The van der Waals surface area contributed by atoms with Gasteiger partial charge in [-0.3, -0.25) is 19.4 Å². The highest BCUT2D eigenvalue weighted by Crippen LogP contribution is 2.52. The monoisotopic (exact) mass is 1410 g/mol. The normalized spacial score (nSPS) is 33.2. The number of hydrogen-bond donors (Lipinski definition) is 4. The van der Waals surface area contributed by atoms with Gasteiger partial charge >= 0.3 is 0 Å². The number of nitrogens with zero attached hydrogens (tertiary/aromatic N) is 4. The number of fused-ring (bicyclic) bond motifs is 9. The Morgan fingerprint density at radius 3 is 1.61 bits per heavy atom. The van der Waals surface area contributed by atoms with Gasteiger partial charge in [-0.2, -0.15) is 0 Å². The third kappa shape index (κ3) is 14.7. The zero-order chi connectivity index (χ0) is 69.0.